The Morgan fingerprint density at radius 2 is 1.93 bits per heavy atom. The SMILES string of the molecule is C=CCn1c(SCc2csc(-c3cccc(OC)c3)n2)nnc1-c1ccccc1. The first-order valence-corrected chi connectivity index (χ1v) is 11.0. The van der Waals surface area contributed by atoms with E-state index < -0.39 is 0 Å². The second kappa shape index (κ2) is 9.07. The van der Waals surface area contributed by atoms with Crippen LogP contribution in [0.3, 0.4) is 0 Å². The van der Waals surface area contributed by atoms with E-state index in [1.807, 2.05) is 60.7 Å². The molecule has 0 N–H and O–H groups in total. The summed E-state index contributed by atoms with van der Waals surface area (Å²) in [6.45, 7) is 4.53. The van der Waals surface area contributed by atoms with Crippen molar-refractivity contribution in [1.29, 1.82) is 0 Å². The summed E-state index contributed by atoms with van der Waals surface area (Å²) >= 11 is 3.27. The van der Waals surface area contributed by atoms with E-state index in [0.29, 0.717) is 6.54 Å². The molecular weight excluding hydrogens is 400 g/mol. The third kappa shape index (κ3) is 4.41. The number of benzene rings is 2. The molecule has 29 heavy (non-hydrogen) atoms. The maximum atomic E-state index is 5.31. The van der Waals surface area contributed by atoms with Crippen LogP contribution in [0.15, 0.2) is 77.8 Å². The van der Waals surface area contributed by atoms with Crippen molar-refractivity contribution in [3.8, 4) is 27.7 Å². The van der Waals surface area contributed by atoms with Crippen LogP contribution >= 0.6 is 23.1 Å². The molecule has 4 rings (SSSR count). The normalized spacial score (nSPS) is 10.8. The number of thioether (sulfide) groups is 1. The molecule has 0 amide bonds. The van der Waals surface area contributed by atoms with E-state index in [2.05, 4.69) is 26.7 Å². The van der Waals surface area contributed by atoms with Gasteiger partial charge in [0.05, 0.1) is 12.8 Å². The fourth-order valence-corrected chi connectivity index (χ4v) is 4.65. The highest BCUT2D eigenvalue weighted by atomic mass is 32.2. The van der Waals surface area contributed by atoms with Crippen molar-refractivity contribution in [3.05, 3.63) is 78.3 Å². The molecule has 0 fully saturated rings. The molecule has 0 aliphatic heterocycles. The Morgan fingerprint density at radius 3 is 2.72 bits per heavy atom. The third-order valence-electron chi connectivity index (χ3n) is 4.28. The average molecular weight is 421 g/mol. The van der Waals surface area contributed by atoms with Crippen molar-refractivity contribution in [2.45, 2.75) is 17.5 Å². The van der Waals surface area contributed by atoms with Crippen LogP contribution in [0.4, 0.5) is 0 Å². The molecule has 5 nitrogen and oxygen atoms in total. The van der Waals surface area contributed by atoms with Gasteiger partial charge >= 0.3 is 0 Å². The standard InChI is InChI=1S/C22H20N4OS2/c1-3-12-26-20(16-8-5-4-6-9-16)24-25-22(26)29-15-18-14-28-21(23-18)17-10-7-11-19(13-17)27-2/h3-11,13-14H,1,12,15H2,2H3. The molecule has 0 saturated carbocycles. The molecule has 0 radical (unpaired) electrons. The number of ether oxygens (including phenoxy) is 1. The maximum Gasteiger partial charge on any atom is 0.192 e. The van der Waals surface area contributed by atoms with Crippen LogP contribution in [0.25, 0.3) is 22.0 Å². The number of allylic oxidation sites excluding steroid dienone is 1. The summed E-state index contributed by atoms with van der Waals surface area (Å²) in [5.74, 6) is 2.41. The van der Waals surface area contributed by atoms with Gasteiger partial charge < -0.3 is 4.74 Å². The number of aromatic nitrogens is 4. The van der Waals surface area contributed by atoms with Gasteiger partial charge in [0.15, 0.2) is 11.0 Å². The summed E-state index contributed by atoms with van der Waals surface area (Å²) < 4.78 is 7.40. The van der Waals surface area contributed by atoms with Crippen molar-refractivity contribution in [2.75, 3.05) is 7.11 Å². The predicted molar refractivity (Wildman–Crippen MR) is 119 cm³/mol. The van der Waals surface area contributed by atoms with Crippen LogP contribution < -0.4 is 4.74 Å². The zero-order valence-corrected chi connectivity index (χ0v) is 17.6. The molecule has 7 heteroatoms. The maximum absolute atomic E-state index is 5.31. The van der Waals surface area contributed by atoms with Crippen molar-refractivity contribution < 1.29 is 4.74 Å². The Morgan fingerprint density at radius 1 is 1.10 bits per heavy atom. The van der Waals surface area contributed by atoms with Gasteiger partial charge in [-0.15, -0.1) is 28.1 Å². The van der Waals surface area contributed by atoms with Crippen molar-refractivity contribution >= 4 is 23.1 Å². The molecule has 0 saturated heterocycles. The van der Waals surface area contributed by atoms with Crippen LogP contribution in [0.5, 0.6) is 5.75 Å². The van der Waals surface area contributed by atoms with Crippen LogP contribution in [0.2, 0.25) is 0 Å². The first-order valence-electron chi connectivity index (χ1n) is 9.09. The molecule has 0 bridgehead atoms. The zero-order chi connectivity index (χ0) is 20.1. The Labute approximate surface area is 178 Å². The fraction of sp³-hybridized carbons (Fsp3) is 0.136. The Hall–Kier alpha value is -2.90. The van der Waals surface area contributed by atoms with Gasteiger partial charge in [-0.3, -0.25) is 4.57 Å². The van der Waals surface area contributed by atoms with Gasteiger partial charge in [0.2, 0.25) is 0 Å². The van der Waals surface area contributed by atoms with Crippen LogP contribution in [0.1, 0.15) is 5.69 Å². The van der Waals surface area contributed by atoms with Crippen LogP contribution in [0, 0.1) is 0 Å². The fourth-order valence-electron chi connectivity index (χ4n) is 2.89. The van der Waals surface area contributed by atoms with Crippen molar-refractivity contribution in [2.24, 2.45) is 0 Å². The highest BCUT2D eigenvalue weighted by Gasteiger charge is 2.14. The predicted octanol–water partition coefficient (Wildman–Crippen LogP) is 5.56. The molecular formula is C22H20N4OS2. The lowest BCUT2D eigenvalue weighted by molar-refractivity contribution is 0.415. The summed E-state index contributed by atoms with van der Waals surface area (Å²) in [7, 11) is 1.67. The number of thiazole rings is 1. The van der Waals surface area contributed by atoms with E-state index in [4.69, 9.17) is 9.72 Å². The smallest absolute Gasteiger partial charge is 0.192 e. The minimum absolute atomic E-state index is 0.658. The van der Waals surface area contributed by atoms with Crippen molar-refractivity contribution in [1.82, 2.24) is 19.7 Å². The summed E-state index contributed by atoms with van der Waals surface area (Å²) in [6.07, 6.45) is 1.86. The minimum Gasteiger partial charge on any atom is -0.497 e. The first kappa shape index (κ1) is 19.4. The Balaban J connectivity index is 1.52. The molecule has 2 heterocycles. The van der Waals surface area contributed by atoms with E-state index in [0.717, 1.165) is 44.3 Å². The Bertz CT molecular complexity index is 1100. The summed E-state index contributed by atoms with van der Waals surface area (Å²) in [5, 5.41) is 12.7. The van der Waals surface area contributed by atoms with Gasteiger partial charge in [-0.1, -0.05) is 60.3 Å². The average Bonchev–Trinajstić information content (AvgIpc) is 3.40. The van der Waals surface area contributed by atoms with Crippen LogP contribution in [-0.2, 0) is 12.3 Å². The molecule has 0 unspecified atom stereocenters. The largest absolute Gasteiger partial charge is 0.497 e. The van der Waals surface area contributed by atoms with Gasteiger partial charge in [-0.05, 0) is 12.1 Å². The molecule has 2 aromatic heterocycles. The first-order chi connectivity index (χ1) is 14.3. The number of rotatable bonds is 8. The van der Waals surface area contributed by atoms with E-state index in [9.17, 15) is 0 Å². The lowest BCUT2D eigenvalue weighted by atomic mass is 10.2. The van der Waals surface area contributed by atoms with E-state index in [1.165, 1.54) is 0 Å². The number of nitrogens with zero attached hydrogens (tertiary/aromatic N) is 4. The van der Waals surface area contributed by atoms with Gasteiger partial charge in [0, 0.05) is 28.8 Å². The number of methoxy groups -OCH3 is 1. The second-order valence-electron chi connectivity index (χ2n) is 6.24. The minimum atomic E-state index is 0.658. The summed E-state index contributed by atoms with van der Waals surface area (Å²) in [5.41, 5.74) is 3.13. The van der Waals surface area contributed by atoms with Gasteiger partial charge in [-0.2, -0.15) is 0 Å². The van der Waals surface area contributed by atoms with Crippen LogP contribution in [-0.4, -0.2) is 26.9 Å². The third-order valence-corrected chi connectivity index (χ3v) is 6.22. The lowest BCUT2D eigenvalue weighted by Gasteiger charge is -2.07. The molecule has 0 spiro atoms. The summed E-state index contributed by atoms with van der Waals surface area (Å²) in [6, 6.07) is 18.0. The molecule has 2 aromatic carbocycles. The Kier molecular flexibility index (Phi) is 6.07. The van der Waals surface area contributed by atoms with Gasteiger partial charge in [-0.25, -0.2) is 4.98 Å². The lowest BCUT2D eigenvalue weighted by Crippen LogP contribution is -2.00. The molecule has 0 aliphatic rings. The highest BCUT2D eigenvalue weighted by molar-refractivity contribution is 7.98. The quantitative estimate of drug-likeness (QED) is 0.276. The summed E-state index contributed by atoms with van der Waals surface area (Å²) in [4.78, 5) is 4.78. The zero-order valence-electron chi connectivity index (χ0n) is 16.0. The van der Waals surface area contributed by atoms with Gasteiger partial charge in [0.25, 0.3) is 0 Å². The molecule has 146 valence electrons. The highest BCUT2D eigenvalue weighted by Crippen LogP contribution is 2.30. The molecule has 0 atom stereocenters. The van der Waals surface area contributed by atoms with Crippen molar-refractivity contribution in [3.63, 3.8) is 0 Å². The van der Waals surface area contributed by atoms with Gasteiger partial charge in [0.1, 0.15) is 10.8 Å². The van der Waals surface area contributed by atoms with E-state index >= 15 is 0 Å². The van der Waals surface area contributed by atoms with E-state index in [1.54, 1.807) is 30.2 Å². The molecule has 0 aliphatic carbocycles. The molecule has 4 aromatic rings. The second-order valence-corrected chi connectivity index (χ2v) is 8.04. The monoisotopic (exact) mass is 420 g/mol. The topological polar surface area (TPSA) is 52.8 Å². The van der Waals surface area contributed by atoms with E-state index in [-0.39, 0.29) is 0 Å². The number of hydrogen-bond acceptors (Lipinski definition) is 6. The number of hydrogen-bond donors (Lipinski definition) is 0.